The zero-order valence-corrected chi connectivity index (χ0v) is 10.6. The van der Waals surface area contributed by atoms with Crippen molar-refractivity contribution >= 4 is 0 Å². The molecule has 2 atom stereocenters. The van der Waals surface area contributed by atoms with Crippen LogP contribution < -0.4 is 10.1 Å². The van der Waals surface area contributed by atoms with Gasteiger partial charge in [-0.05, 0) is 26.3 Å². The van der Waals surface area contributed by atoms with E-state index >= 15 is 0 Å². The smallest absolute Gasteiger partial charge is 0.387 e. The molecular formula is C13H19F2NO2. The summed E-state index contributed by atoms with van der Waals surface area (Å²) < 4.78 is 29.0. The van der Waals surface area contributed by atoms with Gasteiger partial charge in [0.25, 0.3) is 0 Å². The third kappa shape index (κ3) is 4.58. The molecule has 0 saturated heterocycles. The molecule has 0 saturated carbocycles. The average Bonchev–Trinajstić information content (AvgIpc) is 2.28. The van der Waals surface area contributed by atoms with Gasteiger partial charge in [-0.15, -0.1) is 0 Å². The molecule has 0 aromatic heterocycles. The second-order valence-electron chi connectivity index (χ2n) is 4.22. The summed E-state index contributed by atoms with van der Waals surface area (Å²) in [5.41, 5.74) is 0.683. The molecule has 102 valence electrons. The summed E-state index contributed by atoms with van der Waals surface area (Å²) >= 11 is 0. The van der Waals surface area contributed by atoms with Gasteiger partial charge in [-0.1, -0.05) is 18.2 Å². The Morgan fingerprint density at radius 2 is 1.94 bits per heavy atom. The molecule has 0 amide bonds. The van der Waals surface area contributed by atoms with E-state index in [-0.39, 0.29) is 24.4 Å². The van der Waals surface area contributed by atoms with Gasteiger partial charge in [0.15, 0.2) is 0 Å². The van der Waals surface area contributed by atoms with E-state index in [9.17, 15) is 8.78 Å². The zero-order chi connectivity index (χ0) is 13.5. The molecule has 1 unspecified atom stereocenters. The summed E-state index contributed by atoms with van der Waals surface area (Å²) in [5.74, 6) is 0.184. The molecule has 18 heavy (non-hydrogen) atoms. The molecule has 0 heterocycles. The monoisotopic (exact) mass is 259 g/mol. The number of hydrogen-bond acceptors (Lipinski definition) is 3. The Morgan fingerprint density at radius 3 is 2.56 bits per heavy atom. The van der Waals surface area contributed by atoms with E-state index in [0.717, 1.165) is 0 Å². The first kappa shape index (κ1) is 14.9. The minimum atomic E-state index is -2.83. The first-order chi connectivity index (χ1) is 8.54. The fourth-order valence-electron chi connectivity index (χ4n) is 1.84. The standard InChI is InChI=1S/C13H19F2NO2/c1-9(7-8-17)16-10(2)11-5-3-4-6-12(11)18-13(14)15/h3-6,9-10,13,16-17H,7-8H2,1-2H3/t9-,10?/m1/s1. The van der Waals surface area contributed by atoms with Crippen LogP contribution >= 0.6 is 0 Å². The molecule has 0 aliphatic heterocycles. The molecule has 1 rings (SSSR count). The second kappa shape index (κ2) is 7.28. The molecule has 1 aromatic carbocycles. The van der Waals surface area contributed by atoms with Gasteiger partial charge >= 0.3 is 6.61 Å². The summed E-state index contributed by atoms with van der Waals surface area (Å²) in [6.07, 6.45) is 0.613. The third-order valence-electron chi connectivity index (χ3n) is 2.70. The Balaban J connectivity index is 2.74. The molecule has 0 spiro atoms. The normalized spacial score (nSPS) is 14.6. The highest BCUT2D eigenvalue weighted by Crippen LogP contribution is 2.26. The predicted octanol–water partition coefficient (Wildman–Crippen LogP) is 2.71. The molecular weight excluding hydrogens is 240 g/mol. The first-order valence-corrected chi connectivity index (χ1v) is 5.95. The van der Waals surface area contributed by atoms with Crippen LogP contribution in [-0.2, 0) is 0 Å². The number of para-hydroxylation sites is 1. The number of aliphatic hydroxyl groups excluding tert-OH is 1. The van der Waals surface area contributed by atoms with Gasteiger partial charge in [0.05, 0.1) is 0 Å². The summed E-state index contributed by atoms with van der Waals surface area (Å²) in [5, 5.41) is 12.1. The summed E-state index contributed by atoms with van der Waals surface area (Å²) in [6.45, 7) is 1.08. The van der Waals surface area contributed by atoms with Gasteiger partial charge in [-0.3, -0.25) is 0 Å². The van der Waals surface area contributed by atoms with Gasteiger partial charge in [0.2, 0.25) is 0 Å². The van der Waals surface area contributed by atoms with Crippen molar-refractivity contribution in [3.8, 4) is 5.75 Å². The number of hydrogen-bond donors (Lipinski definition) is 2. The van der Waals surface area contributed by atoms with E-state index in [2.05, 4.69) is 10.1 Å². The number of nitrogens with one attached hydrogen (secondary N) is 1. The van der Waals surface area contributed by atoms with Crippen molar-refractivity contribution in [1.82, 2.24) is 5.32 Å². The number of halogens is 2. The first-order valence-electron chi connectivity index (χ1n) is 5.95. The van der Waals surface area contributed by atoms with Crippen molar-refractivity contribution in [1.29, 1.82) is 0 Å². The predicted molar refractivity (Wildman–Crippen MR) is 65.8 cm³/mol. The van der Waals surface area contributed by atoms with Crippen molar-refractivity contribution in [2.24, 2.45) is 0 Å². The van der Waals surface area contributed by atoms with E-state index in [1.807, 2.05) is 13.8 Å². The molecule has 1 aromatic rings. The maximum absolute atomic E-state index is 12.3. The van der Waals surface area contributed by atoms with Crippen molar-refractivity contribution < 1.29 is 18.6 Å². The Morgan fingerprint density at radius 1 is 1.28 bits per heavy atom. The van der Waals surface area contributed by atoms with Crippen molar-refractivity contribution in [3.05, 3.63) is 29.8 Å². The number of benzene rings is 1. The molecule has 0 aliphatic carbocycles. The summed E-state index contributed by atoms with van der Waals surface area (Å²) in [6, 6.07) is 6.69. The zero-order valence-electron chi connectivity index (χ0n) is 10.6. The van der Waals surface area contributed by atoms with E-state index < -0.39 is 6.61 Å². The molecule has 0 radical (unpaired) electrons. The number of ether oxygens (including phenoxy) is 1. The van der Waals surface area contributed by atoms with Gasteiger partial charge in [-0.2, -0.15) is 8.78 Å². The van der Waals surface area contributed by atoms with Crippen LogP contribution in [0.4, 0.5) is 8.78 Å². The van der Waals surface area contributed by atoms with Gasteiger partial charge < -0.3 is 15.2 Å². The Labute approximate surface area is 106 Å². The number of aliphatic hydroxyl groups is 1. The van der Waals surface area contributed by atoms with Crippen LogP contribution in [0.25, 0.3) is 0 Å². The summed E-state index contributed by atoms with van der Waals surface area (Å²) in [7, 11) is 0. The molecule has 0 aliphatic rings. The fourth-order valence-corrected chi connectivity index (χ4v) is 1.84. The minimum absolute atomic E-state index is 0.0933. The lowest BCUT2D eigenvalue weighted by Gasteiger charge is -2.21. The minimum Gasteiger partial charge on any atom is -0.434 e. The van der Waals surface area contributed by atoms with Gasteiger partial charge in [-0.25, -0.2) is 0 Å². The SMILES string of the molecule is CC(N[C@H](C)CCO)c1ccccc1OC(F)F. The van der Waals surface area contributed by atoms with Gasteiger partial charge in [0.1, 0.15) is 5.75 Å². The summed E-state index contributed by atoms with van der Waals surface area (Å²) in [4.78, 5) is 0. The highest BCUT2D eigenvalue weighted by molar-refractivity contribution is 5.35. The molecule has 2 N–H and O–H groups in total. The Hall–Kier alpha value is -1.20. The highest BCUT2D eigenvalue weighted by Gasteiger charge is 2.15. The quantitative estimate of drug-likeness (QED) is 0.791. The van der Waals surface area contributed by atoms with Crippen molar-refractivity contribution in [2.45, 2.75) is 39.0 Å². The lowest BCUT2D eigenvalue weighted by atomic mass is 10.1. The highest BCUT2D eigenvalue weighted by atomic mass is 19.3. The topological polar surface area (TPSA) is 41.5 Å². The van der Waals surface area contributed by atoms with Crippen LogP contribution in [0, 0.1) is 0 Å². The van der Waals surface area contributed by atoms with Crippen molar-refractivity contribution in [3.63, 3.8) is 0 Å². The van der Waals surface area contributed by atoms with E-state index in [1.54, 1.807) is 18.2 Å². The third-order valence-corrected chi connectivity index (χ3v) is 2.70. The fraction of sp³-hybridized carbons (Fsp3) is 0.538. The van der Waals surface area contributed by atoms with Crippen molar-refractivity contribution in [2.75, 3.05) is 6.61 Å². The maximum Gasteiger partial charge on any atom is 0.387 e. The van der Waals surface area contributed by atoms with Crippen LogP contribution in [0.5, 0.6) is 5.75 Å². The van der Waals surface area contributed by atoms with E-state index in [4.69, 9.17) is 5.11 Å². The van der Waals surface area contributed by atoms with Crippen LogP contribution in [0.3, 0.4) is 0 Å². The Bertz CT molecular complexity index is 361. The van der Waals surface area contributed by atoms with Gasteiger partial charge in [0, 0.05) is 24.3 Å². The largest absolute Gasteiger partial charge is 0.434 e. The van der Waals surface area contributed by atoms with E-state index in [0.29, 0.717) is 12.0 Å². The average molecular weight is 259 g/mol. The lowest BCUT2D eigenvalue weighted by molar-refractivity contribution is -0.0506. The molecule has 0 fully saturated rings. The molecule has 3 nitrogen and oxygen atoms in total. The maximum atomic E-state index is 12.3. The lowest BCUT2D eigenvalue weighted by Crippen LogP contribution is -2.30. The van der Waals surface area contributed by atoms with Crippen LogP contribution in [0.1, 0.15) is 31.9 Å². The van der Waals surface area contributed by atoms with Crippen LogP contribution in [0.2, 0.25) is 0 Å². The Kier molecular flexibility index (Phi) is 6.01. The number of alkyl halides is 2. The number of rotatable bonds is 7. The van der Waals surface area contributed by atoms with E-state index in [1.165, 1.54) is 6.07 Å². The molecule has 0 bridgehead atoms. The van der Waals surface area contributed by atoms with Crippen LogP contribution in [-0.4, -0.2) is 24.4 Å². The van der Waals surface area contributed by atoms with Crippen LogP contribution in [0.15, 0.2) is 24.3 Å². The molecule has 5 heteroatoms. The second-order valence-corrected chi connectivity index (χ2v) is 4.22.